The first-order valence-corrected chi connectivity index (χ1v) is 15.4. The average molecular weight is 594 g/mol. The summed E-state index contributed by atoms with van der Waals surface area (Å²) in [6.45, 7) is 13.1. The normalized spacial score (nSPS) is 28.7. The zero-order valence-electron chi connectivity index (χ0n) is 26.7. The van der Waals surface area contributed by atoms with Crippen molar-refractivity contribution in [2.75, 3.05) is 14.2 Å². The van der Waals surface area contributed by atoms with Gasteiger partial charge in [0.05, 0.1) is 38.4 Å². The number of aromatic nitrogens is 1. The van der Waals surface area contributed by atoms with Gasteiger partial charge in [-0.05, 0) is 53.9 Å². The molecule has 3 fully saturated rings. The van der Waals surface area contributed by atoms with Crippen LogP contribution in [0.5, 0.6) is 11.6 Å². The van der Waals surface area contributed by atoms with E-state index in [-0.39, 0.29) is 29.4 Å². The summed E-state index contributed by atoms with van der Waals surface area (Å²) >= 11 is 0. The number of methoxy groups -OCH3 is 2. The molecular weight excluding hydrogens is 546 g/mol. The Balaban J connectivity index is 1.63. The molecule has 0 unspecified atom stereocenters. The number of amides is 1. The van der Waals surface area contributed by atoms with Gasteiger partial charge in [0.15, 0.2) is 0 Å². The maximum atomic E-state index is 14.6. The van der Waals surface area contributed by atoms with Crippen LogP contribution in [-0.4, -0.2) is 65.4 Å². The third-order valence-corrected chi connectivity index (χ3v) is 9.58. The van der Waals surface area contributed by atoms with Crippen LogP contribution in [0.2, 0.25) is 0 Å². The van der Waals surface area contributed by atoms with E-state index >= 15 is 0 Å². The molecule has 3 saturated heterocycles. The lowest BCUT2D eigenvalue weighted by atomic mass is 9.72. The number of nitrogens with zero attached hydrogens (tertiary/aromatic N) is 2. The fourth-order valence-corrected chi connectivity index (χ4v) is 7.55. The van der Waals surface area contributed by atoms with Gasteiger partial charge in [-0.3, -0.25) is 4.79 Å². The van der Waals surface area contributed by atoms with Crippen LogP contribution in [-0.2, 0) is 26.3 Å². The molecule has 9 nitrogen and oxygen atoms in total. The van der Waals surface area contributed by atoms with Gasteiger partial charge in [0.25, 0.3) is 0 Å². The highest BCUT2D eigenvalue weighted by Crippen LogP contribution is 2.51. The molecule has 2 bridgehead atoms. The van der Waals surface area contributed by atoms with Crippen molar-refractivity contribution in [3.05, 3.63) is 53.2 Å². The van der Waals surface area contributed by atoms with E-state index in [4.69, 9.17) is 14.2 Å². The number of carboxylic acid groups (broad SMARTS) is 1. The maximum absolute atomic E-state index is 14.6. The summed E-state index contributed by atoms with van der Waals surface area (Å²) in [5.74, 6) is -0.840. The minimum atomic E-state index is -1.05. The summed E-state index contributed by atoms with van der Waals surface area (Å²) < 4.78 is 17.5. The van der Waals surface area contributed by atoms with Crippen molar-refractivity contribution in [3.63, 3.8) is 0 Å². The smallest absolute Gasteiger partial charge is 0.326 e. The van der Waals surface area contributed by atoms with Gasteiger partial charge in [-0.1, -0.05) is 53.7 Å². The lowest BCUT2D eigenvalue weighted by molar-refractivity contribution is -0.154. The fourth-order valence-electron chi connectivity index (χ4n) is 7.55. The van der Waals surface area contributed by atoms with Gasteiger partial charge in [0, 0.05) is 35.8 Å². The number of benzene rings is 1. The van der Waals surface area contributed by atoms with Gasteiger partial charge < -0.3 is 29.5 Å². The summed E-state index contributed by atoms with van der Waals surface area (Å²) in [4.78, 5) is 33.9. The topological polar surface area (TPSA) is 110 Å². The van der Waals surface area contributed by atoms with Crippen molar-refractivity contribution < 1.29 is 28.9 Å². The van der Waals surface area contributed by atoms with E-state index in [0.29, 0.717) is 24.4 Å². The predicted octanol–water partition coefficient (Wildman–Crippen LogP) is 5.12. The number of carbonyl (C=O) groups excluding carboxylic acids is 1. The Kier molecular flexibility index (Phi) is 8.53. The lowest BCUT2D eigenvalue weighted by Gasteiger charge is -2.36. The number of carboxylic acids is 1. The van der Waals surface area contributed by atoms with Gasteiger partial charge in [-0.2, -0.15) is 0 Å². The number of fused-ring (bicyclic) bond motifs is 2. The first-order chi connectivity index (χ1) is 20.3. The lowest BCUT2D eigenvalue weighted by Crippen LogP contribution is -2.50. The molecule has 7 atom stereocenters. The third kappa shape index (κ3) is 5.86. The van der Waals surface area contributed by atoms with Crippen LogP contribution >= 0.6 is 0 Å². The number of likely N-dealkylation sites (tertiary alicyclic amines) is 1. The number of ether oxygens (including phenoxy) is 3. The zero-order valence-corrected chi connectivity index (χ0v) is 26.7. The van der Waals surface area contributed by atoms with Gasteiger partial charge >= 0.3 is 5.97 Å². The Labute approximate surface area is 255 Å². The van der Waals surface area contributed by atoms with E-state index in [0.717, 1.165) is 24.2 Å². The van der Waals surface area contributed by atoms with E-state index < -0.39 is 35.4 Å². The Morgan fingerprint density at radius 2 is 1.84 bits per heavy atom. The van der Waals surface area contributed by atoms with Crippen molar-refractivity contribution in [2.24, 2.45) is 17.3 Å². The quantitative estimate of drug-likeness (QED) is 0.434. The highest BCUT2D eigenvalue weighted by atomic mass is 16.5. The number of carbonyl (C=O) groups is 2. The summed E-state index contributed by atoms with van der Waals surface area (Å²) in [7, 11) is 3.21. The first kappa shape index (κ1) is 31.3. The summed E-state index contributed by atoms with van der Waals surface area (Å²) in [6.07, 6.45) is 3.93. The van der Waals surface area contributed by atoms with Crippen molar-refractivity contribution in [1.29, 1.82) is 0 Å². The highest BCUT2D eigenvalue weighted by Gasteiger charge is 2.60. The molecule has 1 amide bonds. The summed E-state index contributed by atoms with van der Waals surface area (Å²) in [5, 5.41) is 14.6. The number of rotatable bonds is 8. The van der Waals surface area contributed by atoms with E-state index in [9.17, 15) is 14.7 Å². The molecule has 2 N–H and O–H groups in total. The van der Waals surface area contributed by atoms with Crippen LogP contribution in [0.25, 0.3) is 0 Å². The molecule has 5 rings (SSSR count). The molecule has 43 heavy (non-hydrogen) atoms. The molecule has 3 aliphatic rings. The molecule has 0 aliphatic carbocycles. The number of hydrogen-bond donors (Lipinski definition) is 2. The molecule has 234 valence electrons. The van der Waals surface area contributed by atoms with E-state index in [2.05, 4.69) is 64.0 Å². The largest absolute Gasteiger partial charge is 0.496 e. The molecule has 0 radical (unpaired) electrons. The van der Waals surface area contributed by atoms with Crippen LogP contribution in [0.1, 0.15) is 83.5 Å². The van der Waals surface area contributed by atoms with Crippen LogP contribution in [0, 0.1) is 17.3 Å². The SMILES string of the molecule is COc1ccc(C(C)(C)C)cc1CN[C@H]1[C@H](C(C)(C)C)[C@@H](C(=O)O)N(C(=O)[C@@H]2C[C@H]3CC[C@@H]2O3)[C@H]1c1cccnc1OC. The molecule has 2 aromatic rings. The third-order valence-electron chi connectivity index (χ3n) is 9.58. The second-order valence-electron chi connectivity index (χ2n) is 14.4. The fraction of sp³-hybridized carbons (Fsp3) is 0.618. The Hall–Kier alpha value is -3.17. The average Bonchev–Trinajstić information content (AvgIpc) is 3.68. The van der Waals surface area contributed by atoms with Gasteiger partial charge in [0.1, 0.15) is 11.8 Å². The van der Waals surface area contributed by atoms with Gasteiger partial charge in [-0.25, -0.2) is 9.78 Å². The van der Waals surface area contributed by atoms with Gasteiger partial charge in [-0.15, -0.1) is 0 Å². The minimum Gasteiger partial charge on any atom is -0.496 e. The molecule has 3 aliphatic heterocycles. The van der Waals surface area contributed by atoms with Crippen LogP contribution in [0.3, 0.4) is 0 Å². The molecule has 1 aromatic heterocycles. The van der Waals surface area contributed by atoms with Crippen molar-refractivity contribution >= 4 is 11.9 Å². The van der Waals surface area contributed by atoms with Crippen LogP contribution in [0.4, 0.5) is 0 Å². The monoisotopic (exact) mass is 593 g/mol. The van der Waals surface area contributed by atoms with Crippen LogP contribution in [0.15, 0.2) is 36.5 Å². The molecular formula is C34H47N3O6. The number of pyridine rings is 1. The van der Waals surface area contributed by atoms with Crippen LogP contribution < -0.4 is 14.8 Å². The number of hydrogen-bond acceptors (Lipinski definition) is 7. The second-order valence-corrected chi connectivity index (χ2v) is 14.4. The van der Waals surface area contributed by atoms with Crippen molar-refractivity contribution in [1.82, 2.24) is 15.2 Å². The van der Waals surface area contributed by atoms with Crippen molar-refractivity contribution in [2.45, 2.75) is 103 Å². The number of aliphatic carboxylic acids is 1. The zero-order chi connectivity index (χ0) is 31.3. The second kappa shape index (κ2) is 11.7. The Morgan fingerprint density at radius 1 is 1.09 bits per heavy atom. The molecule has 4 heterocycles. The Morgan fingerprint density at radius 3 is 2.40 bits per heavy atom. The first-order valence-electron chi connectivity index (χ1n) is 15.4. The van der Waals surface area contributed by atoms with E-state index in [1.54, 1.807) is 25.3 Å². The Bertz CT molecular complexity index is 1350. The van der Waals surface area contributed by atoms with E-state index in [1.807, 2.05) is 18.2 Å². The number of nitrogens with one attached hydrogen (secondary N) is 1. The van der Waals surface area contributed by atoms with E-state index in [1.165, 1.54) is 5.56 Å². The predicted molar refractivity (Wildman–Crippen MR) is 163 cm³/mol. The summed E-state index contributed by atoms with van der Waals surface area (Å²) in [5.41, 5.74) is 2.30. The molecule has 0 spiro atoms. The maximum Gasteiger partial charge on any atom is 0.326 e. The van der Waals surface area contributed by atoms with Gasteiger partial charge in [0.2, 0.25) is 11.8 Å². The standard InChI is InChI=1S/C34H47N3O6/c1-33(2,3)20-11-13-24(41-7)19(16-20)18-36-27-26(34(4,5)6)29(32(39)40)37(28(27)22-10-9-15-35-30(22)42-8)31(38)23-17-21-12-14-25(23)43-21/h9-11,13,15-16,21,23,25-29,36H,12,14,17-18H2,1-8H3,(H,39,40)/t21-,23-,25+,26+,27+,28+,29+/m1/s1. The highest BCUT2D eigenvalue weighted by molar-refractivity contribution is 5.88. The van der Waals surface area contributed by atoms with Crippen molar-refractivity contribution in [3.8, 4) is 11.6 Å². The summed E-state index contributed by atoms with van der Waals surface area (Å²) in [6, 6.07) is 7.82. The molecule has 1 aromatic carbocycles. The minimum absolute atomic E-state index is 0.0612. The molecule has 0 saturated carbocycles. The molecule has 9 heteroatoms.